The third-order valence-corrected chi connectivity index (χ3v) is 3.33. The fraction of sp³-hybridized carbons (Fsp3) is 0.286. The fourth-order valence-corrected chi connectivity index (χ4v) is 2.00. The van der Waals surface area contributed by atoms with E-state index in [4.69, 9.17) is 5.73 Å². The van der Waals surface area contributed by atoms with Crippen molar-refractivity contribution in [1.82, 2.24) is 9.97 Å². The van der Waals surface area contributed by atoms with Crippen LogP contribution in [0.15, 0.2) is 41.1 Å². The quantitative estimate of drug-likeness (QED) is 0.888. The van der Waals surface area contributed by atoms with Gasteiger partial charge in [0, 0.05) is 28.5 Å². The number of anilines is 1. The first-order valence-electron chi connectivity index (χ1n) is 6.23. The first-order chi connectivity index (χ1) is 9.19. The molecule has 0 saturated heterocycles. The number of rotatable bonds is 5. The standard InChI is InChI=1S/C14H17BrN4/c1-10(6-7-16)19-14-17-8-12(9-18-14)11-2-4-13(15)5-3-11/h2-5,8-10H,6-7,16H2,1H3,(H,17,18,19). The average molecular weight is 321 g/mol. The van der Waals surface area contributed by atoms with Crippen LogP contribution in [0.3, 0.4) is 0 Å². The average Bonchev–Trinajstić information content (AvgIpc) is 2.41. The maximum absolute atomic E-state index is 5.51. The molecule has 5 heteroatoms. The fourth-order valence-electron chi connectivity index (χ4n) is 1.74. The van der Waals surface area contributed by atoms with Crippen molar-refractivity contribution < 1.29 is 0 Å². The molecule has 100 valence electrons. The molecule has 0 aliphatic heterocycles. The SMILES string of the molecule is CC(CCN)Nc1ncc(-c2ccc(Br)cc2)cn1. The second-order valence-corrected chi connectivity index (χ2v) is 5.34. The molecule has 0 saturated carbocycles. The van der Waals surface area contributed by atoms with Crippen LogP contribution in [0.25, 0.3) is 11.1 Å². The highest BCUT2D eigenvalue weighted by molar-refractivity contribution is 9.10. The van der Waals surface area contributed by atoms with Gasteiger partial charge in [0.1, 0.15) is 0 Å². The largest absolute Gasteiger partial charge is 0.352 e. The van der Waals surface area contributed by atoms with E-state index in [1.54, 1.807) is 0 Å². The second kappa shape index (κ2) is 6.63. The Balaban J connectivity index is 2.08. The topological polar surface area (TPSA) is 63.8 Å². The zero-order valence-corrected chi connectivity index (χ0v) is 12.4. The number of hydrogen-bond donors (Lipinski definition) is 2. The molecule has 1 aromatic carbocycles. The summed E-state index contributed by atoms with van der Waals surface area (Å²) >= 11 is 3.42. The molecular weight excluding hydrogens is 304 g/mol. The normalized spacial score (nSPS) is 12.2. The summed E-state index contributed by atoms with van der Waals surface area (Å²) in [4.78, 5) is 8.65. The summed E-state index contributed by atoms with van der Waals surface area (Å²) in [6.45, 7) is 2.73. The van der Waals surface area contributed by atoms with Crippen molar-refractivity contribution in [3.8, 4) is 11.1 Å². The van der Waals surface area contributed by atoms with E-state index >= 15 is 0 Å². The molecule has 2 rings (SSSR count). The van der Waals surface area contributed by atoms with Gasteiger partial charge in [0.2, 0.25) is 5.95 Å². The van der Waals surface area contributed by atoms with Crippen molar-refractivity contribution in [3.05, 3.63) is 41.1 Å². The molecule has 19 heavy (non-hydrogen) atoms. The Morgan fingerprint density at radius 3 is 2.37 bits per heavy atom. The van der Waals surface area contributed by atoms with E-state index < -0.39 is 0 Å². The Morgan fingerprint density at radius 2 is 1.79 bits per heavy atom. The number of benzene rings is 1. The third-order valence-electron chi connectivity index (χ3n) is 2.80. The Kier molecular flexibility index (Phi) is 4.87. The van der Waals surface area contributed by atoms with Crippen LogP contribution in [0.2, 0.25) is 0 Å². The number of aromatic nitrogens is 2. The lowest BCUT2D eigenvalue weighted by Gasteiger charge is -2.12. The Bertz CT molecular complexity index is 510. The van der Waals surface area contributed by atoms with E-state index in [9.17, 15) is 0 Å². The summed E-state index contributed by atoms with van der Waals surface area (Å²) in [6.07, 6.45) is 4.55. The summed E-state index contributed by atoms with van der Waals surface area (Å²) in [5, 5.41) is 3.22. The van der Waals surface area contributed by atoms with E-state index in [0.29, 0.717) is 12.5 Å². The lowest BCUT2D eigenvalue weighted by Crippen LogP contribution is -2.20. The molecule has 1 heterocycles. The molecule has 1 atom stereocenters. The van der Waals surface area contributed by atoms with Crippen molar-refractivity contribution in [1.29, 1.82) is 0 Å². The Labute approximate surface area is 121 Å². The van der Waals surface area contributed by atoms with Crippen molar-refractivity contribution in [2.45, 2.75) is 19.4 Å². The minimum absolute atomic E-state index is 0.281. The summed E-state index contributed by atoms with van der Waals surface area (Å²) in [5.74, 6) is 0.641. The number of nitrogens with two attached hydrogens (primary N) is 1. The molecule has 2 aromatic rings. The molecule has 0 bridgehead atoms. The van der Waals surface area contributed by atoms with Crippen LogP contribution in [0.5, 0.6) is 0 Å². The van der Waals surface area contributed by atoms with Gasteiger partial charge in [-0.1, -0.05) is 28.1 Å². The molecule has 3 N–H and O–H groups in total. The summed E-state index contributed by atoms with van der Waals surface area (Å²) in [5.41, 5.74) is 7.62. The van der Waals surface area contributed by atoms with Gasteiger partial charge in [0.15, 0.2) is 0 Å². The smallest absolute Gasteiger partial charge is 0.222 e. The Hall–Kier alpha value is -1.46. The van der Waals surface area contributed by atoms with Crippen LogP contribution in [0.1, 0.15) is 13.3 Å². The van der Waals surface area contributed by atoms with Gasteiger partial charge in [-0.05, 0) is 37.6 Å². The molecule has 1 unspecified atom stereocenters. The van der Waals surface area contributed by atoms with E-state index in [2.05, 4.69) is 38.1 Å². The molecule has 4 nitrogen and oxygen atoms in total. The maximum atomic E-state index is 5.51. The molecule has 0 amide bonds. The van der Waals surface area contributed by atoms with Crippen molar-refractivity contribution in [2.24, 2.45) is 5.73 Å². The van der Waals surface area contributed by atoms with E-state index in [0.717, 1.165) is 22.0 Å². The van der Waals surface area contributed by atoms with Crippen molar-refractivity contribution in [2.75, 3.05) is 11.9 Å². The predicted molar refractivity (Wildman–Crippen MR) is 81.9 cm³/mol. The van der Waals surface area contributed by atoms with Gasteiger partial charge < -0.3 is 11.1 Å². The summed E-state index contributed by atoms with van der Waals surface area (Å²) in [6, 6.07) is 8.36. The number of hydrogen-bond acceptors (Lipinski definition) is 4. The van der Waals surface area contributed by atoms with Gasteiger partial charge in [-0.2, -0.15) is 0 Å². The Morgan fingerprint density at radius 1 is 1.16 bits per heavy atom. The zero-order chi connectivity index (χ0) is 13.7. The van der Waals surface area contributed by atoms with Crippen molar-refractivity contribution >= 4 is 21.9 Å². The van der Waals surface area contributed by atoms with Gasteiger partial charge >= 0.3 is 0 Å². The molecule has 0 aliphatic rings. The van der Waals surface area contributed by atoms with Gasteiger partial charge in [-0.25, -0.2) is 9.97 Å². The first-order valence-corrected chi connectivity index (χ1v) is 7.03. The highest BCUT2D eigenvalue weighted by Gasteiger charge is 2.04. The third kappa shape index (κ3) is 4.01. The molecule has 0 fully saturated rings. The molecule has 0 radical (unpaired) electrons. The van der Waals surface area contributed by atoms with E-state index in [-0.39, 0.29) is 6.04 Å². The highest BCUT2D eigenvalue weighted by atomic mass is 79.9. The van der Waals surface area contributed by atoms with Gasteiger partial charge in [0.05, 0.1) is 0 Å². The van der Waals surface area contributed by atoms with Gasteiger partial charge in [0.25, 0.3) is 0 Å². The van der Waals surface area contributed by atoms with E-state index in [1.807, 2.05) is 36.7 Å². The monoisotopic (exact) mass is 320 g/mol. The minimum Gasteiger partial charge on any atom is -0.352 e. The van der Waals surface area contributed by atoms with Crippen LogP contribution in [-0.4, -0.2) is 22.6 Å². The molecule has 0 aliphatic carbocycles. The number of halogens is 1. The van der Waals surface area contributed by atoms with Crippen molar-refractivity contribution in [3.63, 3.8) is 0 Å². The lowest BCUT2D eigenvalue weighted by molar-refractivity contribution is 0.709. The summed E-state index contributed by atoms with van der Waals surface area (Å²) < 4.78 is 1.06. The minimum atomic E-state index is 0.281. The molecule has 1 aromatic heterocycles. The van der Waals surface area contributed by atoms with E-state index in [1.165, 1.54) is 0 Å². The first kappa shape index (κ1) is 14.0. The summed E-state index contributed by atoms with van der Waals surface area (Å²) in [7, 11) is 0. The van der Waals surface area contributed by atoms with Crippen LogP contribution in [-0.2, 0) is 0 Å². The van der Waals surface area contributed by atoms with Gasteiger partial charge in [-0.3, -0.25) is 0 Å². The second-order valence-electron chi connectivity index (χ2n) is 4.42. The van der Waals surface area contributed by atoms with Crippen LogP contribution in [0, 0.1) is 0 Å². The lowest BCUT2D eigenvalue weighted by atomic mass is 10.1. The molecular formula is C14H17BrN4. The predicted octanol–water partition coefficient (Wildman–Crippen LogP) is 3.06. The van der Waals surface area contributed by atoms with Crippen LogP contribution < -0.4 is 11.1 Å². The number of nitrogens with zero attached hydrogens (tertiary/aromatic N) is 2. The van der Waals surface area contributed by atoms with Gasteiger partial charge in [-0.15, -0.1) is 0 Å². The molecule has 0 spiro atoms. The number of nitrogens with one attached hydrogen (secondary N) is 1. The maximum Gasteiger partial charge on any atom is 0.222 e. The van der Waals surface area contributed by atoms with Crippen LogP contribution in [0.4, 0.5) is 5.95 Å². The van der Waals surface area contributed by atoms with Crippen LogP contribution >= 0.6 is 15.9 Å². The zero-order valence-electron chi connectivity index (χ0n) is 10.8. The highest BCUT2D eigenvalue weighted by Crippen LogP contribution is 2.20.